The van der Waals surface area contributed by atoms with Gasteiger partial charge in [-0.1, -0.05) is 17.7 Å². The molecule has 1 saturated carbocycles. The van der Waals surface area contributed by atoms with Gasteiger partial charge in [-0.3, -0.25) is 4.57 Å². The zero-order valence-electron chi connectivity index (χ0n) is 18.5. The number of hydrogen-bond acceptors (Lipinski definition) is 6. The van der Waals surface area contributed by atoms with E-state index in [4.69, 9.17) is 36.1 Å². The predicted octanol–water partition coefficient (Wildman–Crippen LogP) is 6.13. The summed E-state index contributed by atoms with van der Waals surface area (Å²) in [4.78, 5) is 4.75. The number of pyridine rings is 1. The standard InChI is InChI=1S/C23H32ClN2O4P/c1-4-28-31(27,29-5-2)20-8-6-7-19(14-20)30-23-12-11-22(26-16(23)3)21-10-9-18(24)13-17(21)15-25/h9-13,19-20H,4-8,14-15,25H2,1-3H3. The summed E-state index contributed by atoms with van der Waals surface area (Å²) >= 11 is 6.10. The second kappa shape index (κ2) is 10.9. The van der Waals surface area contributed by atoms with Crippen molar-refractivity contribution in [2.24, 2.45) is 5.73 Å². The Morgan fingerprint density at radius 1 is 1.16 bits per heavy atom. The highest BCUT2D eigenvalue weighted by atomic mass is 35.5. The first-order valence-corrected chi connectivity index (χ1v) is 12.9. The number of nitrogens with two attached hydrogens (primary N) is 1. The first-order chi connectivity index (χ1) is 14.9. The first kappa shape index (κ1) is 24.2. The zero-order valence-corrected chi connectivity index (χ0v) is 20.1. The van der Waals surface area contributed by atoms with Crippen LogP contribution in [-0.4, -0.2) is 30.0 Å². The van der Waals surface area contributed by atoms with Crippen LogP contribution in [0.3, 0.4) is 0 Å². The molecule has 0 spiro atoms. The summed E-state index contributed by atoms with van der Waals surface area (Å²) < 4.78 is 30.6. The van der Waals surface area contributed by atoms with Gasteiger partial charge < -0.3 is 19.5 Å². The van der Waals surface area contributed by atoms with Crippen molar-refractivity contribution in [3.05, 3.63) is 46.6 Å². The van der Waals surface area contributed by atoms with Gasteiger partial charge in [-0.05, 0) is 76.3 Å². The summed E-state index contributed by atoms with van der Waals surface area (Å²) in [6, 6.07) is 9.54. The van der Waals surface area contributed by atoms with E-state index in [0.717, 1.165) is 47.5 Å². The fraction of sp³-hybridized carbons (Fsp3) is 0.522. The maximum atomic E-state index is 13.2. The molecule has 170 valence electrons. The molecule has 1 aliphatic carbocycles. The number of benzene rings is 1. The molecule has 1 aromatic carbocycles. The van der Waals surface area contributed by atoms with Crippen LogP contribution < -0.4 is 10.5 Å². The molecule has 1 aliphatic rings. The fourth-order valence-electron chi connectivity index (χ4n) is 4.11. The van der Waals surface area contributed by atoms with Crippen LogP contribution in [0.2, 0.25) is 5.02 Å². The molecule has 0 amide bonds. The van der Waals surface area contributed by atoms with Crippen molar-refractivity contribution in [3.8, 4) is 17.0 Å². The SMILES string of the molecule is CCOP(=O)(OCC)C1CCCC(Oc2ccc(-c3ccc(Cl)cc3CN)nc2C)C1. The van der Waals surface area contributed by atoms with E-state index in [-0.39, 0.29) is 11.8 Å². The molecule has 1 heterocycles. The van der Waals surface area contributed by atoms with Crippen LogP contribution >= 0.6 is 19.2 Å². The van der Waals surface area contributed by atoms with Gasteiger partial charge in [-0.15, -0.1) is 0 Å². The van der Waals surface area contributed by atoms with Crippen LogP contribution in [0.25, 0.3) is 11.3 Å². The third kappa shape index (κ3) is 5.88. The van der Waals surface area contributed by atoms with Crippen LogP contribution in [0.15, 0.2) is 30.3 Å². The molecule has 0 radical (unpaired) electrons. The minimum Gasteiger partial charge on any atom is -0.489 e. The Bertz CT molecular complexity index is 930. The average Bonchev–Trinajstić information content (AvgIpc) is 2.75. The van der Waals surface area contributed by atoms with Gasteiger partial charge in [-0.2, -0.15) is 0 Å². The van der Waals surface area contributed by atoms with Crippen LogP contribution in [0.4, 0.5) is 0 Å². The minimum absolute atomic E-state index is 0.0468. The van der Waals surface area contributed by atoms with Gasteiger partial charge >= 0.3 is 7.60 Å². The molecule has 8 heteroatoms. The number of nitrogens with zero attached hydrogens (tertiary/aromatic N) is 1. The molecule has 2 atom stereocenters. The summed E-state index contributed by atoms with van der Waals surface area (Å²) in [7, 11) is -3.13. The summed E-state index contributed by atoms with van der Waals surface area (Å²) in [6.07, 6.45) is 3.26. The predicted molar refractivity (Wildman–Crippen MR) is 125 cm³/mol. The average molecular weight is 467 g/mol. The van der Waals surface area contributed by atoms with Crippen molar-refractivity contribution >= 4 is 19.2 Å². The van der Waals surface area contributed by atoms with Gasteiger partial charge in [-0.25, -0.2) is 4.98 Å². The van der Waals surface area contributed by atoms with E-state index in [0.29, 0.717) is 31.2 Å². The lowest BCUT2D eigenvalue weighted by atomic mass is 9.97. The number of hydrogen-bond donors (Lipinski definition) is 1. The molecule has 0 saturated heterocycles. The van der Waals surface area contributed by atoms with Crippen molar-refractivity contribution in [1.82, 2.24) is 4.98 Å². The highest BCUT2D eigenvalue weighted by molar-refractivity contribution is 7.54. The van der Waals surface area contributed by atoms with E-state index in [1.54, 1.807) is 0 Å². The Morgan fingerprint density at radius 2 is 1.90 bits per heavy atom. The Labute approximate surface area is 190 Å². The Balaban J connectivity index is 1.75. The highest BCUT2D eigenvalue weighted by Gasteiger charge is 2.39. The van der Waals surface area contributed by atoms with E-state index < -0.39 is 7.60 Å². The van der Waals surface area contributed by atoms with E-state index >= 15 is 0 Å². The van der Waals surface area contributed by atoms with E-state index in [1.807, 2.05) is 51.1 Å². The molecule has 31 heavy (non-hydrogen) atoms. The van der Waals surface area contributed by atoms with Crippen molar-refractivity contribution in [1.29, 1.82) is 0 Å². The third-order valence-electron chi connectivity index (χ3n) is 5.56. The number of rotatable bonds is 9. The maximum absolute atomic E-state index is 13.2. The smallest absolute Gasteiger partial charge is 0.333 e. The lowest BCUT2D eigenvalue weighted by Gasteiger charge is -2.33. The largest absolute Gasteiger partial charge is 0.489 e. The Kier molecular flexibility index (Phi) is 8.54. The van der Waals surface area contributed by atoms with Gasteiger partial charge in [0.1, 0.15) is 5.75 Å². The summed E-state index contributed by atoms with van der Waals surface area (Å²) in [6.45, 7) is 6.75. The molecule has 6 nitrogen and oxygen atoms in total. The van der Waals surface area contributed by atoms with E-state index in [1.165, 1.54) is 0 Å². The topological polar surface area (TPSA) is 83.7 Å². The molecular formula is C23H32ClN2O4P. The molecule has 2 N–H and O–H groups in total. The monoisotopic (exact) mass is 466 g/mol. The van der Waals surface area contributed by atoms with Gasteiger partial charge in [0.15, 0.2) is 0 Å². The summed E-state index contributed by atoms with van der Waals surface area (Å²) in [5.74, 6) is 0.736. The van der Waals surface area contributed by atoms with Crippen molar-refractivity contribution in [2.75, 3.05) is 13.2 Å². The van der Waals surface area contributed by atoms with Gasteiger partial charge in [0.2, 0.25) is 0 Å². The maximum Gasteiger partial charge on any atom is 0.333 e. The molecule has 1 fully saturated rings. The molecule has 2 unspecified atom stereocenters. The lowest BCUT2D eigenvalue weighted by molar-refractivity contribution is 0.138. The fourth-order valence-corrected chi connectivity index (χ4v) is 6.51. The van der Waals surface area contributed by atoms with Crippen LogP contribution in [0.5, 0.6) is 5.75 Å². The third-order valence-corrected chi connectivity index (χ3v) is 8.39. The van der Waals surface area contributed by atoms with Crippen LogP contribution in [-0.2, 0) is 20.2 Å². The Morgan fingerprint density at radius 3 is 2.55 bits per heavy atom. The molecular weight excluding hydrogens is 435 g/mol. The minimum atomic E-state index is -3.13. The van der Waals surface area contributed by atoms with E-state index in [2.05, 4.69) is 0 Å². The van der Waals surface area contributed by atoms with E-state index in [9.17, 15) is 4.57 Å². The highest BCUT2D eigenvalue weighted by Crippen LogP contribution is 2.57. The number of ether oxygens (including phenoxy) is 1. The zero-order chi connectivity index (χ0) is 22.4. The van der Waals surface area contributed by atoms with Gasteiger partial charge in [0.05, 0.1) is 36.4 Å². The summed E-state index contributed by atoms with van der Waals surface area (Å²) in [5, 5.41) is 0.657. The first-order valence-electron chi connectivity index (χ1n) is 10.9. The second-order valence-corrected chi connectivity index (χ2v) is 10.5. The van der Waals surface area contributed by atoms with Crippen molar-refractivity contribution in [3.63, 3.8) is 0 Å². The second-order valence-electron chi connectivity index (χ2n) is 7.72. The van der Waals surface area contributed by atoms with Gasteiger partial charge in [0, 0.05) is 17.1 Å². The molecule has 0 bridgehead atoms. The molecule has 0 aliphatic heterocycles. The summed E-state index contributed by atoms with van der Waals surface area (Å²) in [5.41, 5.74) is 9.30. The van der Waals surface area contributed by atoms with Gasteiger partial charge in [0.25, 0.3) is 0 Å². The number of halogens is 1. The van der Waals surface area contributed by atoms with Crippen LogP contribution in [0.1, 0.15) is 50.8 Å². The Hall–Kier alpha value is -1.43. The number of aryl methyl sites for hydroxylation is 1. The van der Waals surface area contributed by atoms with Crippen molar-refractivity contribution < 1.29 is 18.3 Å². The number of aromatic nitrogens is 1. The van der Waals surface area contributed by atoms with Crippen LogP contribution in [0, 0.1) is 6.92 Å². The van der Waals surface area contributed by atoms with Crippen molar-refractivity contribution in [2.45, 2.75) is 64.8 Å². The molecule has 3 rings (SSSR count). The molecule has 1 aromatic heterocycles. The normalized spacial score (nSPS) is 19.4. The molecule has 2 aromatic rings. The lowest BCUT2D eigenvalue weighted by Crippen LogP contribution is -2.30. The quantitative estimate of drug-likeness (QED) is 0.448.